The molecule has 8 heterocycles. The number of sulfonamides is 2. The molecule has 130 heavy (non-hydrogen) atoms. The number of fused-ring (bicyclic) bond motifs is 8. The van der Waals surface area contributed by atoms with Gasteiger partial charge in [0.15, 0.2) is 11.6 Å². The van der Waals surface area contributed by atoms with Crippen LogP contribution in [0.3, 0.4) is 0 Å². The van der Waals surface area contributed by atoms with Crippen molar-refractivity contribution in [1.82, 2.24) is 39.2 Å². The number of carbonyl (C=O) groups is 8. The number of Topliss-reactive ketones (excluding diaryl/α,β-unsaturated/α-hetero) is 2. The quantitative estimate of drug-likeness (QED) is 0.0420. The number of ketones is 2. The number of hydrogen-bond donors (Lipinski definition) is 2. The molecule has 4 amide bonds. The fraction of sp³-hybridized carbons (Fsp3) is 0.600. The number of carbonyl (C=O) groups excluding carboxylic acids is 8. The van der Waals surface area contributed by atoms with Gasteiger partial charge in [0.2, 0.25) is 67.2 Å². The molecule has 2 N–H and O–H groups in total. The van der Waals surface area contributed by atoms with Gasteiger partial charge in [-0.1, -0.05) is 52.0 Å². The summed E-state index contributed by atoms with van der Waals surface area (Å²) < 4.78 is 105. The summed E-state index contributed by atoms with van der Waals surface area (Å²) in [5.74, 6) is -0.449. The Morgan fingerprint density at radius 2 is 0.877 bits per heavy atom. The van der Waals surface area contributed by atoms with Crippen LogP contribution in [-0.4, -0.2) is 180 Å². The summed E-state index contributed by atoms with van der Waals surface area (Å²) in [5, 5.41) is 1.73. The maximum Gasteiger partial charge on any atom is 0.306 e. The average molecular weight is 1820 g/mol. The van der Waals surface area contributed by atoms with Gasteiger partial charge in [-0.2, -0.15) is 0 Å². The van der Waals surface area contributed by atoms with Gasteiger partial charge in [-0.15, -0.1) is 0 Å². The Labute approximate surface area is 761 Å². The van der Waals surface area contributed by atoms with E-state index in [9.17, 15) is 45.6 Å². The largest absolute Gasteiger partial charge is 0.497 e. The lowest BCUT2D eigenvalue weighted by atomic mass is 9.82. The van der Waals surface area contributed by atoms with E-state index in [0.717, 1.165) is 62.1 Å². The molecule has 18 rings (SSSR count). The SMILES string of the molecule is COc1ccc2c(O[C@@H]3C[C@H]4C(=O)C[C@]5(C(=O)NS(=O)(=O)C6CC6)C[C@H]5/C=C\CC[C@@H](C)C[C@@H](C)[C@H](CC(=O)OC5C[C@@H]6C[C@@H]6C5)C(=O)N4C3)nc(-c3ccc(OC(C)C)nc3)cc2c1.COc1ccc2c(O[C@@H]3C[C@H]4C(=O)C[C@]5(C(=O)NS(=O)(=O)C6CC6)C[C@H]5/C=C\CC[C@H](C)C[C@@H](C)[C@H](CC(=O)OC5C[C@@H]6C[C@@H]6C5)C(=O)N4C3)nc(-c3ccc(OC(C)C)nc3)cc2c1. The Bertz CT molecular complexity index is 5270. The van der Waals surface area contributed by atoms with E-state index in [-0.39, 0.29) is 135 Å². The maximum atomic E-state index is 15.2. The van der Waals surface area contributed by atoms with Crippen LogP contribution in [0.4, 0.5) is 0 Å². The Morgan fingerprint density at radius 3 is 1.23 bits per heavy atom. The van der Waals surface area contributed by atoms with Crippen LogP contribution in [0.2, 0.25) is 0 Å². The second kappa shape index (κ2) is 37.5. The normalized spacial score (nSPS) is 31.8. The predicted molar refractivity (Wildman–Crippen MR) is 484 cm³/mol. The number of hydrogen-bond acceptors (Lipinski definition) is 24. The first-order valence-corrected chi connectivity index (χ1v) is 50.3. The predicted octanol–water partition coefficient (Wildman–Crippen LogP) is 14.8. The molecule has 8 aliphatic carbocycles. The highest BCUT2D eigenvalue weighted by Gasteiger charge is 2.64. The van der Waals surface area contributed by atoms with E-state index >= 15 is 9.59 Å². The summed E-state index contributed by atoms with van der Waals surface area (Å²) in [5.41, 5.74) is 0.0333. The lowest BCUT2D eigenvalue weighted by Gasteiger charge is -2.32. The molecule has 28 nitrogen and oxygen atoms in total. The molecule has 2 unspecified atom stereocenters. The molecule has 0 spiro atoms. The van der Waals surface area contributed by atoms with Gasteiger partial charge in [0, 0.05) is 72.1 Å². The van der Waals surface area contributed by atoms with Crippen LogP contribution in [0.1, 0.15) is 209 Å². The second-order valence-electron chi connectivity index (χ2n) is 40.4. The Kier molecular flexibility index (Phi) is 26.5. The van der Waals surface area contributed by atoms with E-state index in [1.807, 2.05) is 127 Å². The van der Waals surface area contributed by atoms with Crippen molar-refractivity contribution < 1.29 is 93.1 Å². The number of nitrogens with zero attached hydrogens (tertiary/aromatic N) is 6. The molecule has 2 aromatic carbocycles. The van der Waals surface area contributed by atoms with Crippen LogP contribution in [0, 0.1) is 81.8 Å². The van der Waals surface area contributed by atoms with Crippen LogP contribution in [0.15, 0.2) is 109 Å². The maximum absolute atomic E-state index is 15.2. The van der Waals surface area contributed by atoms with E-state index in [4.69, 9.17) is 47.9 Å². The van der Waals surface area contributed by atoms with Gasteiger partial charge in [-0.3, -0.25) is 47.8 Å². The van der Waals surface area contributed by atoms with Crippen LogP contribution in [0.5, 0.6) is 35.0 Å². The zero-order chi connectivity index (χ0) is 91.6. The van der Waals surface area contributed by atoms with Gasteiger partial charge in [0.1, 0.15) is 35.9 Å². The first-order chi connectivity index (χ1) is 62.2. The van der Waals surface area contributed by atoms with Crippen molar-refractivity contribution in [3.05, 3.63) is 109 Å². The topological polar surface area (TPSA) is 361 Å². The first kappa shape index (κ1) is 91.8. The van der Waals surface area contributed by atoms with Crippen molar-refractivity contribution in [2.24, 2.45) is 81.8 Å². The molecule has 30 heteroatoms. The Morgan fingerprint density at radius 1 is 0.485 bits per heavy atom. The van der Waals surface area contributed by atoms with Gasteiger partial charge in [-0.05, 0) is 274 Å². The lowest BCUT2D eigenvalue weighted by Crippen LogP contribution is -2.47. The van der Waals surface area contributed by atoms with Crippen molar-refractivity contribution >= 4 is 88.7 Å². The minimum Gasteiger partial charge on any atom is -0.497 e. The zero-order valence-electron chi connectivity index (χ0n) is 76.1. The van der Waals surface area contributed by atoms with Crippen LogP contribution >= 0.6 is 0 Å². The zero-order valence-corrected chi connectivity index (χ0v) is 77.8. The molecule has 696 valence electrons. The van der Waals surface area contributed by atoms with Gasteiger partial charge in [0.05, 0.1) is 109 Å². The standard InChI is InChI=1S/2C50H62N4O10S/c2*1-28(2)62-45-15-10-31(26-51-45)42-21-34-20-36(61-5)11-14-40(34)47(52-42)64-38-22-43-44(55)25-50(49(58)53-65(59,60)39-12-13-39)24-35(50)9-7-6-8-29(3)16-30(4)41(48(57)54(43)27-38)23-46(56)63-37-18-32-17-33(32)19-37/h2*7,9-11,14-15,20-21,26,28-30,32-33,35,37-39,41,43H,6,8,12-13,16-19,22-25,27H2,1-5H3,(H,53,58)/b2*9-7-/t29-,30+,32-,33+,35+,37?,38+,41-,43-,50+;29-,30-,32-,33+,35-,37?,38-,41+,43+,50-/m01/s1. The molecule has 0 radical (unpaired) electrons. The second-order valence-corrected chi connectivity index (χ2v) is 44.3. The highest BCUT2D eigenvalue weighted by molar-refractivity contribution is 7.91. The number of pyridine rings is 4. The van der Waals surface area contributed by atoms with Crippen LogP contribution in [-0.2, 0) is 67.9 Å². The fourth-order valence-corrected chi connectivity index (χ4v) is 24.2. The summed E-state index contributed by atoms with van der Waals surface area (Å²) in [4.78, 5) is 138. The molecule has 0 bridgehead atoms. The minimum absolute atomic E-state index is 0.0278. The molecule has 10 fully saturated rings. The Hall–Kier alpha value is -10.1. The summed E-state index contributed by atoms with van der Waals surface area (Å²) in [7, 11) is -4.58. The molecule has 4 aromatic heterocycles. The molecule has 8 saturated carbocycles. The van der Waals surface area contributed by atoms with Crippen molar-refractivity contribution in [1.29, 1.82) is 0 Å². The summed E-state index contributed by atoms with van der Waals surface area (Å²) in [6.45, 7) is 16.1. The van der Waals surface area contributed by atoms with E-state index in [1.54, 1.807) is 48.5 Å². The number of methoxy groups -OCH3 is 2. The highest BCUT2D eigenvalue weighted by Crippen LogP contribution is 2.60. The van der Waals surface area contributed by atoms with Gasteiger partial charge in [-0.25, -0.2) is 36.8 Å². The molecule has 20 atom stereocenters. The molecular formula is C100H124N8O20S2. The van der Waals surface area contributed by atoms with Gasteiger partial charge < -0.3 is 47.7 Å². The lowest BCUT2D eigenvalue weighted by molar-refractivity contribution is -0.155. The number of allylic oxidation sites excluding steroid dienone is 4. The number of rotatable bonds is 24. The van der Waals surface area contributed by atoms with Crippen LogP contribution in [0.25, 0.3) is 44.1 Å². The number of esters is 2. The number of ether oxygens (including phenoxy) is 8. The number of benzene rings is 2. The Balaban J connectivity index is 0.000000182. The van der Waals surface area contributed by atoms with Crippen molar-refractivity contribution in [2.45, 2.75) is 269 Å². The monoisotopic (exact) mass is 1820 g/mol. The molecule has 2 saturated heterocycles. The van der Waals surface area contributed by atoms with Crippen molar-refractivity contribution in [2.75, 3.05) is 27.3 Å². The van der Waals surface area contributed by atoms with E-state index in [1.165, 1.54) is 12.8 Å². The van der Waals surface area contributed by atoms with Gasteiger partial charge >= 0.3 is 11.9 Å². The van der Waals surface area contributed by atoms with E-state index in [0.29, 0.717) is 143 Å². The van der Waals surface area contributed by atoms with E-state index < -0.39 is 101 Å². The number of amides is 4. The minimum atomic E-state index is -3.88. The summed E-state index contributed by atoms with van der Waals surface area (Å²) in [6.07, 6.45) is 21.9. The smallest absolute Gasteiger partial charge is 0.306 e. The van der Waals surface area contributed by atoms with Crippen molar-refractivity contribution in [3.63, 3.8) is 0 Å². The average Bonchev–Trinajstić information content (AvgIpc) is 1.57. The molecular weight excluding hydrogens is 1700 g/mol. The number of nitrogens with one attached hydrogen (secondary N) is 2. The molecule has 4 aliphatic heterocycles. The van der Waals surface area contributed by atoms with E-state index in [2.05, 4.69) is 33.3 Å². The van der Waals surface area contributed by atoms with Gasteiger partial charge in [0.25, 0.3) is 0 Å². The first-order valence-electron chi connectivity index (χ1n) is 47.3. The summed E-state index contributed by atoms with van der Waals surface area (Å²) >= 11 is 0. The van der Waals surface area contributed by atoms with Crippen LogP contribution < -0.4 is 37.9 Å². The third kappa shape index (κ3) is 20.9. The highest BCUT2D eigenvalue weighted by atomic mass is 32.2. The third-order valence-electron chi connectivity index (χ3n) is 29.4. The third-order valence-corrected chi connectivity index (χ3v) is 33.1. The molecule has 6 aromatic rings. The number of aromatic nitrogens is 4. The summed E-state index contributed by atoms with van der Waals surface area (Å²) in [6, 6.07) is 20.3. The fourth-order valence-electron chi connectivity index (χ4n) is 21.4. The van der Waals surface area contributed by atoms with Crippen molar-refractivity contribution in [3.8, 4) is 57.5 Å². The molecule has 12 aliphatic rings.